The minimum absolute atomic E-state index is 0.101. The fourth-order valence-corrected chi connectivity index (χ4v) is 1.58. The van der Waals surface area contributed by atoms with Gasteiger partial charge in [-0.2, -0.15) is 5.26 Å². The van der Waals surface area contributed by atoms with Gasteiger partial charge in [0, 0.05) is 6.54 Å². The van der Waals surface area contributed by atoms with Crippen molar-refractivity contribution < 1.29 is 9.53 Å². The van der Waals surface area contributed by atoms with Crippen LogP contribution in [-0.4, -0.2) is 12.6 Å². The molecule has 0 spiro atoms. The molecule has 0 bridgehead atoms. The molecule has 1 rings (SSSR count). The Morgan fingerprint density at radius 1 is 1.62 bits per heavy atom. The van der Waals surface area contributed by atoms with Gasteiger partial charge in [-0.15, -0.1) is 0 Å². The number of benzene rings is 1. The van der Waals surface area contributed by atoms with E-state index in [1.165, 1.54) is 6.07 Å². The summed E-state index contributed by atoms with van der Waals surface area (Å²) in [6, 6.07) is 5.06. The van der Waals surface area contributed by atoms with Gasteiger partial charge in [-0.1, -0.05) is 17.7 Å². The topological polar surface area (TPSA) is 76.1 Å². The molecule has 0 aliphatic carbocycles. The monoisotopic (exact) mass is 238 g/mol. The van der Waals surface area contributed by atoms with Crippen LogP contribution < -0.4 is 5.73 Å². The van der Waals surface area contributed by atoms with E-state index in [4.69, 9.17) is 27.3 Å². The van der Waals surface area contributed by atoms with E-state index < -0.39 is 5.97 Å². The largest absolute Gasteiger partial charge is 0.462 e. The van der Waals surface area contributed by atoms with E-state index in [9.17, 15) is 4.79 Å². The zero-order chi connectivity index (χ0) is 12.1. The normalized spacial score (nSPS) is 9.62. The summed E-state index contributed by atoms with van der Waals surface area (Å²) in [5.74, 6) is -0.535. The number of hydrogen-bond donors (Lipinski definition) is 1. The quantitative estimate of drug-likeness (QED) is 0.816. The number of hydrogen-bond acceptors (Lipinski definition) is 4. The van der Waals surface area contributed by atoms with Gasteiger partial charge in [0.25, 0.3) is 0 Å². The lowest BCUT2D eigenvalue weighted by Gasteiger charge is -2.08. The summed E-state index contributed by atoms with van der Waals surface area (Å²) in [7, 11) is 0. The Kier molecular flexibility index (Phi) is 4.29. The van der Waals surface area contributed by atoms with Crippen LogP contribution >= 0.6 is 11.6 Å². The number of carbonyl (C=O) groups excluding carboxylic acids is 1. The first kappa shape index (κ1) is 12.5. The molecule has 5 heteroatoms. The Balaban J connectivity index is 3.25. The smallest absolute Gasteiger partial charge is 0.339 e. The first-order valence-corrected chi connectivity index (χ1v) is 5.12. The molecule has 0 aromatic heterocycles. The maximum absolute atomic E-state index is 11.5. The van der Waals surface area contributed by atoms with E-state index in [0.717, 1.165) is 0 Å². The van der Waals surface area contributed by atoms with Crippen LogP contribution in [-0.2, 0) is 11.3 Å². The SMILES string of the molecule is CCOC(=O)c1ccc(CN)c(C#N)c1Cl. The molecule has 1 aromatic rings. The minimum Gasteiger partial charge on any atom is -0.462 e. The Morgan fingerprint density at radius 2 is 2.31 bits per heavy atom. The van der Waals surface area contributed by atoms with E-state index in [-0.39, 0.29) is 29.3 Å². The fraction of sp³-hybridized carbons (Fsp3) is 0.273. The highest BCUT2D eigenvalue weighted by atomic mass is 35.5. The molecular weight excluding hydrogens is 228 g/mol. The molecule has 4 nitrogen and oxygen atoms in total. The molecule has 0 saturated carbocycles. The van der Waals surface area contributed by atoms with Crippen LogP contribution in [0, 0.1) is 11.3 Å². The molecular formula is C11H11ClN2O2. The van der Waals surface area contributed by atoms with Crippen LogP contribution in [0.3, 0.4) is 0 Å². The summed E-state index contributed by atoms with van der Waals surface area (Å²) in [4.78, 5) is 11.5. The minimum atomic E-state index is -0.535. The number of rotatable bonds is 3. The standard InChI is InChI=1S/C11H11ClN2O2/c1-2-16-11(15)8-4-3-7(5-13)9(6-14)10(8)12/h3-4H,2,5,13H2,1H3. The lowest BCUT2D eigenvalue weighted by Crippen LogP contribution is -2.08. The lowest BCUT2D eigenvalue weighted by atomic mass is 10.0. The number of nitrogens with zero attached hydrogens (tertiary/aromatic N) is 1. The van der Waals surface area contributed by atoms with Crippen LogP contribution in [0.2, 0.25) is 5.02 Å². The second-order valence-electron chi connectivity index (χ2n) is 3.00. The van der Waals surface area contributed by atoms with Gasteiger partial charge in [-0.3, -0.25) is 0 Å². The van der Waals surface area contributed by atoms with Crippen molar-refractivity contribution in [2.75, 3.05) is 6.61 Å². The van der Waals surface area contributed by atoms with Crippen molar-refractivity contribution in [1.82, 2.24) is 0 Å². The van der Waals surface area contributed by atoms with Gasteiger partial charge in [-0.05, 0) is 18.6 Å². The molecule has 84 valence electrons. The summed E-state index contributed by atoms with van der Waals surface area (Å²) < 4.78 is 4.82. The Hall–Kier alpha value is -1.57. The molecule has 2 N–H and O–H groups in total. The molecule has 0 fully saturated rings. The van der Waals surface area contributed by atoms with E-state index in [1.54, 1.807) is 13.0 Å². The molecule has 16 heavy (non-hydrogen) atoms. The number of ether oxygens (including phenoxy) is 1. The average Bonchev–Trinajstić information content (AvgIpc) is 2.28. The maximum Gasteiger partial charge on any atom is 0.339 e. The van der Waals surface area contributed by atoms with Crippen molar-refractivity contribution in [3.8, 4) is 6.07 Å². The fourth-order valence-electron chi connectivity index (χ4n) is 1.27. The zero-order valence-corrected chi connectivity index (χ0v) is 9.54. The molecule has 0 amide bonds. The molecule has 0 saturated heterocycles. The summed E-state index contributed by atoms with van der Waals surface area (Å²) in [6.45, 7) is 2.16. The third-order valence-corrected chi connectivity index (χ3v) is 2.45. The highest BCUT2D eigenvalue weighted by molar-refractivity contribution is 6.34. The number of nitriles is 1. The Morgan fingerprint density at radius 3 is 2.81 bits per heavy atom. The van der Waals surface area contributed by atoms with Crippen molar-refractivity contribution in [2.24, 2.45) is 5.73 Å². The lowest BCUT2D eigenvalue weighted by molar-refractivity contribution is 0.0526. The zero-order valence-electron chi connectivity index (χ0n) is 8.79. The van der Waals surface area contributed by atoms with Crippen LogP contribution in [0.4, 0.5) is 0 Å². The van der Waals surface area contributed by atoms with E-state index in [0.29, 0.717) is 5.56 Å². The van der Waals surface area contributed by atoms with Gasteiger partial charge in [0.2, 0.25) is 0 Å². The van der Waals surface area contributed by atoms with Crippen LogP contribution in [0.15, 0.2) is 12.1 Å². The predicted molar refractivity (Wildman–Crippen MR) is 60.0 cm³/mol. The van der Waals surface area contributed by atoms with Crippen molar-refractivity contribution in [1.29, 1.82) is 5.26 Å². The van der Waals surface area contributed by atoms with Crippen molar-refractivity contribution >= 4 is 17.6 Å². The van der Waals surface area contributed by atoms with Crippen LogP contribution in [0.25, 0.3) is 0 Å². The highest BCUT2D eigenvalue weighted by Gasteiger charge is 2.16. The van der Waals surface area contributed by atoms with E-state index in [2.05, 4.69) is 0 Å². The van der Waals surface area contributed by atoms with Gasteiger partial charge in [0.05, 0.1) is 22.8 Å². The summed E-state index contributed by atoms with van der Waals surface area (Å²) in [5, 5.41) is 9.03. The molecule has 0 heterocycles. The Bertz CT molecular complexity index is 452. The van der Waals surface area contributed by atoms with Gasteiger partial charge in [0.1, 0.15) is 6.07 Å². The first-order chi connectivity index (χ1) is 7.65. The Labute approximate surface area is 98.6 Å². The van der Waals surface area contributed by atoms with Crippen molar-refractivity contribution in [3.63, 3.8) is 0 Å². The average molecular weight is 239 g/mol. The molecule has 0 unspecified atom stereocenters. The van der Waals surface area contributed by atoms with Gasteiger partial charge in [-0.25, -0.2) is 4.79 Å². The third-order valence-electron chi connectivity index (χ3n) is 2.06. The molecule has 1 aromatic carbocycles. The number of carbonyl (C=O) groups is 1. The molecule has 0 atom stereocenters. The van der Waals surface area contributed by atoms with Gasteiger partial charge in [0.15, 0.2) is 0 Å². The second kappa shape index (κ2) is 5.50. The second-order valence-corrected chi connectivity index (χ2v) is 3.38. The van der Waals surface area contributed by atoms with E-state index >= 15 is 0 Å². The summed E-state index contributed by atoms with van der Waals surface area (Å²) in [5.41, 5.74) is 6.49. The molecule has 0 aliphatic rings. The third kappa shape index (κ3) is 2.32. The number of halogens is 1. The van der Waals surface area contributed by atoms with E-state index in [1.807, 2.05) is 6.07 Å². The predicted octanol–water partition coefficient (Wildman–Crippen LogP) is 1.85. The van der Waals surface area contributed by atoms with Crippen molar-refractivity contribution in [2.45, 2.75) is 13.5 Å². The van der Waals surface area contributed by atoms with Crippen LogP contribution in [0.5, 0.6) is 0 Å². The van der Waals surface area contributed by atoms with Gasteiger partial charge < -0.3 is 10.5 Å². The summed E-state index contributed by atoms with van der Waals surface area (Å²) in [6.07, 6.45) is 0. The first-order valence-electron chi connectivity index (χ1n) is 4.74. The highest BCUT2D eigenvalue weighted by Crippen LogP contribution is 2.24. The molecule has 0 radical (unpaired) electrons. The summed E-state index contributed by atoms with van der Waals surface area (Å²) >= 11 is 5.94. The number of nitrogens with two attached hydrogens (primary N) is 1. The van der Waals surface area contributed by atoms with Crippen LogP contribution in [0.1, 0.15) is 28.4 Å². The van der Waals surface area contributed by atoms with Gasteiger partial charge >= 0.3 is 5.97 Å². The maximum atomic E-state index is 11.5. The van der Waals surface area contributed by atoms with Crippen molar-refractivity contribution in [3.05, 3.63) is 33.8 Å². The number of esters is 1. The molecule has 0 aliphatic heterocycles.